The van der Waals surface area contributed by atoms with Gasteiger partial charge in [0.15, 0.2) is 0 Å². The van der Waals surface area contributed by atoms with Crippen LogP contribution in [0.25, 0.3) is 11.1 Å². The van der Waals surface area contributed by atoms with Crippen molar-refractivity contribution < 1.29 is 4.79 Å². The molecule has 0 bridgehead atoms. The van der Waals surface area contributed by atoms with Crippen LogP contribution < -0.4 is 5.32 Å². The zero-order valence-corrected chi connectivity index (χ0v) is 13.3. The minimum Gasteiger partial charge on any atom is -0.296 e. The summed E-state index contributed by atoms with van der Waals surface area (Å²) in [5.74, 6) is 0.442. The minimum absolute atomic E-state index is 0.118. The Morgan fingerprint density at radius 1 is 1.14 bits per heavy atom. The maximum atomic E-state index is 12.5. The molecule has 0 saturated heterocycles. The van der Waals surface area contributed by atoms with Crippen LogP contribution in [0.5, 0.6) is 0 Å². The van der Waals surface area contributed by atoms with Gasteiger partial charge in [-0.25, -0.2) is 0 Å². The lowest BCUT2D eigenvalue weighted by atomic mass is 10.1. The van der Waals surface area contributed by atoms with Crippen molar-refractivity contribution in [3.8, 4) is 11.1 Å². The topological polar surface area (TPSA) is 54.9 Å². The highest BCUT2D eigenvalue weighted by Gasteiger charge is 2.28. The average molecular weight is 327 g/mol. The zero-order chi connectivity index (χ0) is 14.9. The van der Waals surface area contributed by atoms with Crippen LogP contribution in [-0.4, -0.2) is 16.1 Å². The standard InChI is InChI=1S/C16H13N3OS2/c20-14(17-16-19-18-15(22-16)11-6-7-11)13-12(8-9-21-13)10-4-2-1-3-5-10/h1-5,8-9,11H,6-7H2,(H,17,19,20). The van der Waals surface area contributed by atoms with Crippen molar-refractivity contribution in [2.45, 2.75) is 18.8 Å². The number of nitrogens with one attached hydrogen (secondary N) is 1. The predicted molar refractivity (Wildman–Crippen MR) is 89.6 cm³/mol. The van der Waals surface area contributed by atoms with Crippen LogP contribution >= 0.6 is 22.7 Å². The minimum atomic E-state index is -0.118. The van der Waals surface area contributed by atoms with Gasteiger partial charge in [0.25, 0.3) is 5.91 Å². The smallest absolute Gasteiger partial charge is 0.268 e. The van der Waals surface area contributed by atoms with E-state index in [2.05, 4.69) is 15.5 Å². The Balaban J connectivity index is 1.56. The molecule has 0 aliphatic heterocycles. The fraction of sp³-hybridized carbons (Fsp3) is 0.188. The first-order valence-electron chi connectivity index (χ1n) is 7.09. The van der Waals surface area contributed by atoms with E-state index in [1.807, 2.05) is 41.8 Å². The number of hydrogen-bond donors (Lipinski definition) is 1. The second-order valence-electron chi connectivity index (χ2n) is 5.20. The van der Waals surface area contributed by atoms with Crippen molar-refractivity contribution in [2.24, 2.45) is 0 Å². The lowest BCUT2D eigenvalue weighted by molar-refractivity contribution is 0.103. The predicted octanol–water partition coefficient (Wildman–Crippen LogP) is 4.40. The van der Waals surface area contributed by atoms with E-state index < -0.39 is 0 Å². The van der Waals surface area contributed by atoms with Gasteiger partial charge in [0.1, 0.15) is 9.88 Å². The molecule has 0 spiro atoms. The van der Waals surface area contributed by atoms with Crippen LogP contribution in [0.4, 0.5) is 5.13 Å². The molecule has 0 atom stereocenters. The summed E-state index contributed by atoms with van der Waals surface area (Å²) in [4.78, 5) is 13.2. The van der Waals surface area contributed by atoms with Crippen molar-refractivity contribution in [1.82, 2.24) is 10.2 Å². The van der Waals surface area contributed by atoms with Crippen molar-refractivity contribution in [3.05, 3.63) is 51.7 Å². The molecular formula is C16H13N3OS2. The number of thiophene rings is 1. The Kier molecular flexibility index (Phi) is 3.48. The second kappa shape index (κ2) is 5.62. The fourth-order valence-electron chi connectivity index (χ4n) is 2.26. The van der Waals surface area contributed by atoms with Gasteiger partial charge >= 0.3 is 0 Å². The van der Waals surface area contributed by atoms with Gasteiger partial charge in [-0.2, -0.15) is 0 Å². The molecule has 4 nitrogen and oxygen atoms in total. The van der Waals surface area contributed by atoms with Crippen molar-refractivity contribution in [2.75, 3.05) is 5.32 Å². The number of benzene rings is 1. The lowest BCUT2D eigenvalue weighted by Gasteiger charge is -2.03. The molecule has 1 aliphatic rings. The molecule has 3 aromatic rings. The maximum absolute atomic E-state index is 12.5. The van der Waals surface area contributed by atoms with E-state index in [0.29, 0.717) is 15.9 Å². The van der Waals surface area contributed by atoms with Crippen molar-refractivity contribution in [3.63, 3.8) is 0 Å². The Bertz CT molecular complexity index is 806. The van der Waals surface area contributed by atoms with Crippen molar-refractivity contribution in [1.29, 1.82) is 0 Å². The normalized spacial score (nSPS) is 14.0. The fourth-order valence-corrected chi connectivity index (χ4v) is 3.98. The first-order valence-corrected chi connectivity index (χ1v) is 8.78. The van der Waals surface area contributed by atoms with Gasteiger partial charge in [0.05, 0.1) is 0 Å². The summed E-state index contributed by atoms with van der Waals surface area (Å²) in [6, 6.07) is 11.9. The Labute approximate surface area is 135 Å². The molecule has 1 saturated carbocycles. The third kappa shape index (κ3) is 2.67. The number of anilines is 1. The van der Waals surface area contributed by atoms with Crippen LogP contribution in [0.15, 0.2) is 41.8 Å². The number of carbonyl (C=O) groups is 1. The zero-order valence-electron chi connectivity index (χ0n) is 11.7. The third-order valence-electron chi connectivity index (χ3n) is 3.54. The summed E-state index contributed by atoms with van der Waals surface area (Å²) in [5.41, 5.74) is 2.00. The molecule has 1 amide bonds. The summed E-state index contributed by atoms with van der Waals surface area (Å²) in [6.45, 7) is 0. The number of rotatable bonds is 4. The van der Waals surface area contributed by atoms with Gasteiger partial charge < -0.3 is 0 Å². The first-order chi connectivity index (χ1) is 10.8. The van der Waals surface area contributed by atoms with E-state index in [4.69, 9.17) is 0 Å². The van der Waals surface area contributed by atoms with Gasteiger partial charge in [-0.1, -0.05) is 41.7 Å². The molecule has 1 aliphatic carbocycles. The van der Waals surface area contributed by atoms with Gasteiger partial charge in [-0.3, -0.25) is 10.1 Å². The molecule has 1 fully saturated rings. The van der Waals surface area contributed by atoms with E-state index in [0.717, 1.165) is 16.1 Å². The maximum Gasteiger partial charge on any atom is 0.268 e. The third-order valence-corrected chi connectivity index (χ3v) is 5.46. The largest absolute Gasteiger partial charge is 0.296 e. The number of carbonyl (C=O) groups excluding carboxylic acids is 1. The summed E-state index contributed by atoms with van der Waals surface area (Å²) in [6.07, 6.45) is 2.37. The van der Waals surface area contributed by atoms with E-state index >= 15 is 0 Å². The SMILES string of the molecule is O=C(Nc1nnc(C2CC2)s1)c1sccc1-c1ccccc1. The molecular weight excluding hydrogens is 314 g/mol. The molecule has 0 unspecified atom stereocenters. The van der Waals surface area contributed by atoms with Crippen LogP contribution in [0, 0.1) is 0 Å². The molecule has 4 rings (SSSR count). The van der Waals surface area contributed by atoms with Crippen LogP contribution in [0.3, 0.4) is 0 Å². The highest BCUT2D eigenvalue weighted by Crippen LogP contribution is 2.42. The highest BCUT2D eigenvalue weighted by molar-refractivity contribution is 7.16. The van der Waals surface area contributed by atoms with Crippen molar-refractivity contribution >= 4 is 33.7 Å². The van der Waals surface area contributed by atoms with E-state index in [-0.39, 0.29) is 5.91 Å². The Hall–Kier alpha value is -2.05. The first kappa shape index (κ1) is 13.6. The molecule has 2 heterocycles. The van der Waals surface area contributed by atoms with Crippen LogP contribution in [0.1, 0.15) is 33.4 Å². The van der Waals surface area contributed by atoms with E-state index in [1.165, 1.54) is 35.5 Å². The molecule has 2 aromatic heterocycles. The number of amides is 1. The molecule has 1 N–H and O–H groups in total. The van der Waals surface area contributed by atoms with Gasteiger partial charge in [-0.05, 0) is 29.9 Å². The van der Waals surface area contributed by atoms with Gasteiger partial charge in [-0.15, -0.1) is 21.5 Å². The number of hydrogen-bond acceptors (Lipinski definition) is 5. The quantitative estimate of drug-likeness (QED) is 0.773. The van der Waals surface area contributed by atoms with Crippen LogP contribution in [0.2, 0.25) is 0 Å². The summed E-state index contributed by atoms with van der Waals surface area (Å²) >= 11 is 2.92. The molecule has 22 heavy (non-hydrogen) atoms. The highest BCUT2D eigenvalue weighted by atomic mass is 32.1. The molecule has 1 aromatic carbocycles. The summed E-state index contributed by atoms with van der Waals surface area (Å²) < 4.78 is 0. The van der Waals surface area contributed by atoms with E-state index in [9.17, 15) is 4.79 Å². The second-order valence-corrected chi connectivity index (χ2v) is 7.13. The lowest BCUT2D eigenvalue weighted by Crippen LogP contribution is -2.11. The molecule has 0 radical (unpaired) electrons. The summed E-state index contributed by atoms with van der Waals surface area (Å²) in [5, 5.41) is 14.6. The molecule has 110 valence electrons. The molecule has 6 heteroatoms. The number of aromatic nitrogens is 2. The Morgan fingerprint density at radius 2 is 1.95 bits per heavy atom. The van der Waals surface area contributed by atoms with Gasteiger partial charge in [0, 0.05) is 11.5 Å². The number of nitrogens with zero attached hydrogens (tertiary/aromatic N) is 2. The summed E-state index contributed by atoms with van der Waals surface area (Å²) in [7, 11) is 0. The average Bonchev–Trinajstić information content (AvgIpc) is 3.10. The van der Waals surface area contributed by atoms with Crippen LogP contribution in [-0.2, 0) is 0 Å². The van der Waals surface area contributed by atoms with Gasteiger partial charge in [0.2, 0.25) is 5.13 Å². The van der Waals surface area contributed by atoms with E-state index in [1.54, 1.807) is 0 Å². The Morgan fingerprint density at radius 3 is 2.73 bits per heavy atom. The monoisotopic (exact) mass is 327 g/mol.